The zero-order valence-corrected chi connectivity index (χ0v) is 12.9. The lowest BCUT2D eigenvalue weighted by molar-refractivity contribution is -0.0192. The molecule has 1 saturated heterocycles. The van der Waals surface area contributed by atoms with Crippen molar-refractivity contribution in [3.8, 4) is 0 Å². The van der Waals surface area contributed by atoms with Crippen molar-refractivity contribution in [3.05, 3.63) is 22.3 Å². The monoisotopic (exact) mass is 343 g/mol. The van der Waals surface area contributed by atoms with E-state index in [-0.39, 0.29) is 11.7 Å². The summed E-state index contributed by atoms with van der Waals surface area (Å²) in [6, 6.07) is 1.54. The fraction of sp³-hybridized carbons (Fsp3) is 0.538. The lowest BCUT2D eigenvalue weighted by atomic mass is 10.2. The van der Waals surface area contributed by atoms with Gasteiger partial charge < -0.3 is 15.2 Å². The van der Waals surface area contributed by atoms with Crippen molar-refractivity contribution in [2.45, 2.75) is 13.0 Å². The highest BCUT2D eigenvalue weighted by Crippen LogP contribution is 2.18. The number of carboxylic acid groups (broad SMARTS) is 1. The van der Waals surface area contributed by atoms with E-state index in [1.165, 1.54) is 6.07 Å². The van der Waals surface area contributed by atoms with Crippen LogP contribution in [0.3, 0.4) is 0 Å². The van der Waals surface area contributed by atoms with Crippen LogP contribution in [0.5, 0.6) is 0 Å². The summed E-state index contributed by atoms with van der Waals surface area (Å²) in [4.78, 5) is 17.6. The molecule has 0 amide bonds. The van der Waals surface area contributed by atoms with Gasteiger partial charge in [0.15, 0.2) is 0 Å². The number of carboxylic acids is 1. The fourth-order valence-corrected chi connectivity index (χ4v) is 2.48. The molecule has 1 aliphatic rings. The molecule has 1 unspecified atom stereocenters. The molecule has 0 saturated carbocycles. The number of anilines is 1. The SMILES string of the molecule is CCN1CCOC(CNc2ncc(Br)cc2C(=O)O)C1. The molecule has 1 fully saturated rings. The summed E-state index contributed by atoms with van der Waals surface area (Å²) in [5.74, 6) is -0.626. The third-order valence-electron chi connectivity index (χ3n) is 3.25. The molecule has 0 spiro atoms. The van der Waals surface area contributed by atoms with Crippen molar-refractivity contribution in [2.24, 2.45) is 0 Å². The van der Waals surface area contributed by atoms with Gasteiger partial charge in [-0.15, -0.1) is 0 Å². The molecule has 0 aliphatic carbocycles. The van der Waals surface area contributed by atoms with Gasteiger partial charge in [-0.25, -0.2) is 9.78 Å². The molecule has 2 heterocycles. The van der Waals surface area contributed by atoms with Crippen LogP contribution in [0.1, 0.15) is 17.3 Å². The second-order valence-electron chi connectivity index (χ2n) is 4.62. The van der Waals surface area contributed by atoms with Crippen LogP contribution in [0, 0.1) is 0 Å². The van der Waals surface area contributed by atoms with Crippen molar-refractivity contribution in [1.29, 1.82) is 0 Å². The van der Waals surface area contributed by atoms with Crippen molar-refractivity contribution in [2.75, 3.05) is 38.1 Å². The van der Waals surface area contributed by atoms with Crippen LogP contribution in [-0.2, 0) is 4.74 Å². The molecule has 110 valence electrons. The Morgan fingerprint density at radius 2 is 2.50 bits per heavy atom. The third kappa shape index (κ3) is 3.91. The lowest BCUT2D eigenvalue weighted by Crippen LogP contribution is -2.45. The van der Waals surface area contributed by atoms with Crippen LogP contribution < -0.4 is 5.32 Å². The maximum absolute atomic E-state index is 11.2. The van der Waals surface area contributed by atoms with Gasteiger partial charge in [0, 0.05) is 30.3 Å². The Kier molecular flexibility index (Phi) is 5.33. The van der Waals surface area contributed by atoms with Crippen molar-refractivity contribution >= 4 is 27.7 Å². The first kappa shape index (κ1) is 15.2. The van der Waals surface area contributed by atoms with E-state index in [4.69, 9.17) is 9.84 Å². The van der Waals surface area contributed by atoms with E-state index in [1.807, 2.05) is 0 Å². The molecule has 1 aliphatic heterocycles. The lowest BCUT2D eigenvalue weighted by Gasteiger charge is -2.32. The number of pyridine rings is 1. The Morgan fingerprint density at radius 3 is 3.20 bits per heavy atom. The van der Waals surface area contributed by atoms with Gasteiger partial charge in [-0.3, -0.25) is 4.90 Å². The summed E-state index contributed by atoms with van der Waals surface area (Å²) in [5.41, 5.74) is 0.155. The van der Waals surface area contributed by atoms with E-state index in [0.717, 1.165) is 19.6 Å². The average Bonchev–Trinajstić information content (AvgIpc) is 2.46. The van der Waals surface area contributed by atoms with Gasteiger partial charge in [0.2, 0.25) is 0 Å². The van der Waals surface area contributed by atoms with Crippen molar-refractivity contribution < 1.29 is 14.6 Å². The molecule has 2 rings (SSSR count). The van der Waals surface area contributed by atoms with Gasteiger partial charge in [-0.2, -0.15) is 0 Å². The van der Waals surface area contributed by atoms with Crippen LogP contribution in [-0.4, -0.2) is 59.8 Å². The number of rotatable bonds is 5. The molecule has 6 nitrogen and oxygen atoms in total. The first-order valence-corrected chi connectivity index (χ1v) is 7.36. The number of aromatic nitrogens is 1. The summed E-state index contributed by atoms with van der Waals surface area (Å²) in [6.45, 7) is 6.17. The van der Waals surface area contributed by atoms with Crippen LogP contribution in [0.15, 0.2) is 16.7 Å². The molecule has 20 heavy (non-hydrogen) atoms. The van der Waals surface area contributed by atoms with E-state index >= 15 is 0 Å². The largest absolute Gasteiger partial charge is 0.478 e. The number of morpholine rings is 1. The Labute approximate surface area is 126 Å². The van der Waals surface area contributed by atoms with Gasteiger partial charge in [0.05, 0.1) is 12.7 Å². The summed E-state index contributed by atoms with van der Waals surface area (Å²) in [7, 11) is 0. The van der Waals surface area contributed by atoms with Crippen LogP contribution in [0.2, 0.25) is 0 Å². The average molecular weight is 344 g/mol. The molecular weight excluding hydrogens is 326 g/mol. The first-order chi connectivity index (χ1) is 9.60. The zero-order chi connectivity index (χ0) is 14.5. The van der Waals surface area contributed by atoms with Crippen LogP contribution >= 0.6 is 15.9 Å². The van der Waals surface area contributed by atoms with E-state index in [2.05, 4.69) is 38.1 Å². The van der Waals surface area contributed by atoms with Crippen LogP contribution in [0.25, 0.3) is 0 Å². The van der Waals surface area contributed by atoms with Gasteiger partial charge in [-0.1, -0.05) is 6.92 Å². The molecule has 0 bridgehead atoms. The van der Waals surface area contributed by atoms with Gasteiger partial charge in [0.1, 0.15) is 11.4 Å². The quantitative estimate of drug-likeness (QED) is 0.847. The van der Waals surface area contributed by atoms with Crippen LogP contribution in [0.4, 0.5) is 5.82 Å². The molecular formula is C13H18BrN3O3. The molecule has 1 atom stereocenters. The number of carbonyl (C=O) groups is 1. The van der Waals surface area contributed by atoms with Gasteiger partial charge in [-0.05, 0) is 28.5 Å². The summed E-state index contributed by atoms with van der Waals surface area (Å²) >= 11 is 3.22. The number of likely N-dealkylation sites (N-methyl/N-ethyl adjacent to an activating group) is 1. The highest BCUT2D eigenvalue weighted by Gasteiger charge is 2.20. The summed E-state index contributed by atoms with van der Waals surface area (Å²) < 4.78 is 6.31. The molecule has 0 radical (unpaired) electrons. The standard InChI is InChI=1S/C13H18BrN3O3/c1-2-17-3-4-20-10(8-17)7-16-12-11(13(18)19)5-9(14)6-15-12/h5-6,10H,2-4,7-8H2,1H3,(H,15,16)(H,18,19). The first-order valence-electron chi connectivity index (χ1n) is 6.56. The van der Waals surface area contributed by atoms with Crippen molar-refractivity contribution in [1.82, 2.24) is 9.88 Å². The maximum atomic E-state index is 11.2. The van der Waals surface area contributed by atoms with E-state index in [1.54, 1.807) is 6.20 Å². The Balaban J connectivity index is 1.98. The predicted molar refractivity (Wildman–Crippen MR) is 79.2 cm³/mol. The Hall–Kier alpha value is -1.18. The number of hydrogen-bond acceptors (Lipinski definition) is 5. The molecule has 0 aromatic carbocycles. The second-order valence-corrected chi connectivity index (χ2v) is 5.54. The number of aromatic carboxylic acids is 1. The minimum absolute atomic E-state index is 0.0517. The fourth-order valence-electron chi connectivity index (χ4n) is 2.14. The number of nitrogens with one attached hydrogen (secondary N) is 1. The molecule has 1 aromatic heterocycles. The predicted octanol–water partition coefficient (Wildman–Crippen LogP) is 1.67. The zero-order valence-electron chi connectivity index (χ0n) is 11.3. The Bertz CT molecular complexity index is 484. The summed E-state index contributed by atoms with van der Waals surface area (Å²) in [6.07, 6.45) is 1.63. The van der Waals surface area contributed by atoms with Gasteiger partial charge in [0.25, 0.3) is 0 Å². The maximum Gasteiger partial charge on any atom is 0.339 e. The topological polar surface area (TPSA) is 74.7 Å². The molecule has 1 aromatic rings. The highest BCUT2D eigenvalue weighted by atomic mass is 79.9. The molecule has 2 N–H and O–H groups in total. The highest BCUT2D eigenvalue weighted by molar-refractivity contribution is 9.10. The minimum Gasteiger partial charge on any atom is -0.478 e. The minimum atomic E-state index is -0.999. The van der Waals surface area contributed by atoms with E-state index in [0.29, 0.717) is 23.4 Å². The smallest absolute Gasteiger partial charge is 0.339 e. The number of ether oxygens (including phenoxy) is 1. The Morgan fingerprint density at radius 1 is 1.70 bits per heavy atom. The van der Waals surface area contributed by atoms with E-state index < -0.39 is 5.97 Å². The van der Waals surface area contributed by atoms with E-state index in [9.17, 15) is 4.79 Å². The van der Waals surface area contributed by atoms with Gasteiger partial charge >= 0.3 is 5.97 Å². The summed E-state index contributed by atoms with van der Waals surface area (Å²) in [5, 5.41) is 12.2. The third-order valence-corrected chi connectivity index (χ3v) is 3.69. The normalized spacial score (nSPS) is 19.8. The number of nitrogens with zero attached hydrogens (tertiary/aromatic N) is 2. The number of halogens is 1. The molecule has 7 heteroatoms. The van der Waals surface area contributed by atoms with Crippen molar-refractivity contribution in [3.63, 3.8) is 0 Å². The second kappa shape index (κ2) is 7.01. The number of hydrogen-bond donors (Lipinski definition) is 2.